The van der Waals surface area contributed by atoms with Gasteiger partial charge in [-0.3, -0.25) is 4.79 Å². The van der Waals surface area contributed by atoms with Gasteiger partial charge in [-0.25, -0.2) is 8.78 Å². The SMILES string of the molecule is COc1cc(F)c(C(=O)c2cccc(I)c2)c(F)c1. The van der Waals surface area contributed by atoms with E-state index in [4.69, 9.17) is 4.74 Å². The quantitative estimate of drug-likeness (QED) is 0.604. The number of benzene rings is 2. The molecule has 5 heteroatoms. The molecule has 0 aliphatic rings. The second-order valence-corrected chi connectivity index (χ2v) is 5.05. The fraction of sp³-hybridized carbons (Fsp3) is 0.0714. The van der Waals surface area contributed by atoms with Gasteiger partial charge < -0.3 is 4.74 Å². The van der Waals surface area contributed by atoms with Crippen molar-refractivity contribution >= 4 is 28.4 Å². The number of ether oxygens (including phenoxy) is 1. The van der Waals surface area contributed by atoms with Crippen LogP contribution >= 0.6 is 22.6 Å². The molecule has 0 amide bonds. The Kier molecular flexibility index (Phi) is 4.14. The van der Waals surface area contributed by atoms with Crippen LogP contribution in [-0.4, -0.2) is 12.9 Å². The molecule has 0 aromatic heterocycles. The maximum atomic E-state index is 13.8. The summed E-state index contributed by atoms with van der Waals surface area (Å²) in [6.45, 7) is 0. The molecule has 0 aliphatic heterocycles. The van der Waals surface area contributed by atoms with Crippen molar-refractivity contribution in [2.45, 2.75) is 0 Å². The summed E-state index contributed by atoms with van der Waals surface area (Å²) in [5.41, 5.74) is -0.322. The van der Waals surface area contributed by atoms with Crippen molar-refractivity contribution in [3.63, 3.8) is 0 Å². The van der Waals surface area contributed by atoms with Gasteiger partial charge in [0, 0.05) is 21.3 Å². The molecule has 19 heavy (non-hydrogen) atoms. The molecule has 0 bridgehead atoms. The van der Waals surface area contributed by atoms with E-state index in [2.05, 4.69) is 0 Å². The topological polar surface area (TPSA) is 26.3 Å². The fourth-order valence-corrected chi connectivity index (χ4v) is 2.20. The highest BCUT2D eigenvalue weighted by Gasteiger charge is 2.20. The van der Waals surface area contributed by atoms with Gasteiger partial charge in [-0.05, 0) is 34.7 Å². The zero-order chi connectivity index (χ0) is 14.0. The van der Waals surface area contributed by atoms with Gasteiger partial charge in [-0.15, -0.1) is 0 Å². The van der Waals surface area contributed by atoms with Gasteiger partial charge in [0.1, 0.15) is 17.4 Å². The maximum Gasteiger partial charge on any atom is 0.198 e. The number of carbonyl (C=O) groups excluding carboxylic acids is 1. The van der Waals surface area contributed by atoms with Crippen molar-refractivity contribution in [2.24, 2.45) is 0 Å². The molecule has 0 atom stereocenters. The molecule has 0 spiro atoms. The Bertz CT molecular complexity index is 618. The minimum Gasteiger partial charge on any atom is -0.497 e. The summed E-state index contributed by atoms with van der Waals surface area (Å²) in [5, 5.41) is 0. The van der Waals surface area contributed by atoms with E-state index in [1.165, 1.54) is 13.2 Å². The molecule has 0 aliphatic carbocycles. The third-order valence-electron chi connectivity index (χ3n) is 2.57. The molecular formula is C14H9F2IO2. The second kappa shape index (κ2) is 5.64. The molecule has 0 saturated carbocycles. The molecule has 2 aromatic carbocycles. The monoisotopic (exact) mass is 374 g/mol. The predicted octanol–water partition coefficient (Wildman–Crippen LogP) is 3.81. The Morgan fingerprint density at radius 2 is 1.79 bits per heavy atom. The molecule has 98 valence electrons. The van der Waals surface area contributed by atoms with Crippen LogP contribution < -0.4 is 4.74 Å². The van der Waals surface area contributed by atoms with Crippen molar-refractivity contribution in [2.75, 3.05) is 7.11 Å². The molecule has 0 saturated heterocycles. The summed E-state index contributed by atoms with van der Waals surface area (Å²) in [7, 11) is 1.30. The Hall–Kier alpha value is -1.50. The second-order valence-electron chi connectivity index (χ2n) is 3.81. The largest absolute Gasteiger partial charge is 0.497 e. The van der Waals surface area contributed by atoms with E-state index in [-0.39, 0.29) is 11.3 Å². The third kappa shape index (κ3) is 2.91. The van der Waals surface area contributed by atoms with Gasteiger partial charge in [0.05, 0.1) is 12.7 Å². The van der Waals surface area contributed by atoms with Crippen molar-refractivity contribution in [1.29, 1.82) is 0 Å². The highest BCUT2D eigenvalue weighted by molar-refractivity contribution is 14.1. The Labute approximate surface area is 122 Å². The summed E-state index contributed by atoms with van der Waals surface area (Å²) in [6.07, 6.45) is 0. The van der Waals surface area contributed by atoms with E-state index in [9.17, 15) is 13.6 Å². The number of methoxy groups -OCH3 is 1. The normalized spacial score (nSPS) is 10.3. The molecule has 2 nitrogen and oxygen atoms in total. The van der Waals surface area contributed by atoms with Gasteiger partial charge in [0.2, 0.25) is 0 Å². The summed E-state index contributed by atoms with van der Waals surface area (Å²) < 4.78 is 33.1. The lowest BCUT2D eigenvalue weighted by Gasteiger charge is -2.07. The molecule has 0 heterocycles. The molecule has 2 rings (SSSR count). The van der Waals surface area contributed by atoms with Crippen LogP contribution in [0.5, 0.6) is 5.75 Å². The Balaban J connectivity index is 2.50. The number of rotatable bonds is 3. The average Bonchev–Trinajstić information content (AvgIpc) is 2.37. The highest BCUT2D eigenvalue weighted by Crippen LogP contribution is 2.23. The van der Waals surface area contributed by atoms with Crippen molar-refractivity contribution < 1.29 is 18.3 Å². The zero-order valence-electron chi connectivity index (χ0n) is 9.91. The maximum absolute atomic E-state index is 13.8. The number of halogens is 3. The van der Waals surface area contributed by atoms with E-state index >= 15 is 0 Å². The molecule has 0 N–H and O–H groups in total. The van der Waals surface area contributed by atoms with Crippen molar-refractivity contribution in [3.8, 4) is 5.75 Å². The van der Waals surface area contributed by atoms with Gasteiger partial charge in [-0.2, -0.15) is 0 Å². The first-order valence-electron chi connectivity index (χ1n) is 5.36. The minimum atomic E-state index is -0.930. The summed E-state index contributed by atoms with van der Waals surface area (Å²) in [5.74, 6) is -2.51. The van der Waals surface area contributed by atoms with E-state index in [1.807, 2.05) is 22.6 Å². The van der Waals surface area contributed by atoms with Crippen LogP contribution in [0.1, 0.15) is 15.9 Å². The molecule has 0 fully saturated rings. The predicted molar refractivity (Wildman–Crippen MR) is 75.5 cm³/mol. The van der Waals surface area contributed by atoms with Crippen LogP contribution in [0.25, 0.3) is 0 Å². The van der Waals surface area contributed by atoms with E-state index in [0.29, 0.717) is 0 Å². The van der Waals surface area contributed by atoms with E-state index < -0.39 is 23.0 Å². The van der Waals surface area contributed by atoms with Crippen LogP contribution in [0.3, 0.4) is 0 Å². The lowest BCUT2D eigenvalue weighted by Crippen LogP contribution is -2.08. The van der Waals surface area contributed by atoms with E-state index in [1.54, 1.807) is 18.2 Å². The van der Waals surface area contributed by atoms with E-state index in [0.717, 1.165) is 15.7 Å². The highest BCUT2D eigenvalue weighted by atomic mass is 127. The first-order valence-corrected chi connectivity index (χ1v) is 6.44. The first kappa shape index (κ1) is 13.9. The van der Waals surface area contributed by atoms with Crippen LogP contribution in [0.4, 0.5) is 8.78 Å². The van der Waals surface area contributed by atoms with Crippen LogP contribution in [0.2, 0.25) is 0 Å². The Morgan fingerprint density at radius 1 is 1.16 bits per heavy atom. The van der Waals surface area contributed by atoms with Crippen molar-refractivity contribution in [1.82, 2.24) is 0 Å². The van der Waals surface area contributed by atoms with Gasteiger partial charge in [0.15, 0.2) is 5.78 Å². The number of hydrogen-bond donors (Lipinski definition) is 0. The molecule has 2 aromatic rings. The number of ketones is 1. The average molecular weight is 374 g/mol. The first-order chi connectivity index (χ1) is 9.02. The molecule has 0 radical (unpaired) electrons. The summed E-state index contributed by atoms with van der Waals surface area (Å²) in [6, 6.07) is 8.53. The standard InChI is InChI=1S/C14H9F2IO2/c1-19-10-6-11(15)13(12(16)7-10)14(18)8-3-2-4-9(17)5-8/h2-7H,1H3. The van der Waals surface area contributed by atoms with Crippen LogP contribution in [0.15, 0.2) is 36.4 Å². The van der Waals surface area contributed by atoms with Gasteiger partial charge in [0.25, 0.3) is 0 Å². The zero-order valence-corrected chi connectivity index (χ0v) is 12.1. The van der Waals surface area contributed by atoms with Crippen molar-refractivity contribution in [3.05, 3.63) is 62.7 Å². The van der Waals surface area contributed by atoms with Crippen LogP contribution in [-0.2, 0) is 0 Å². The number of hydrogen-bond acceptors (Lipinski definition) is 2. The van der Waals surface area contributed by atoms with Crippen LogP contribution in [0, 0.1) is 15.2 Å². The summed E-state index contributed by atoms with van der Waals surface area (Å²) in [4.78, 5) is 12.1. The lowest BCUT2D eigenvalue weighted by atomic mass is 10.0. The van der Waals surface area contributed by atoms with Gasteiger partial charge >= 0.3 is 0 Å². The number of carbonyl (C=O) groups is 1. The third-order valence-corrected chi connectivity index (χ3v) is 3.24. The lowest BCUT2D eigenvalue weighted by molar-refractivity contribution is 0.103. The Morgan fingerprint density at radius 3 is 2.32 bits per heavy atom. The summed E-state index contributed by atoms with van der Waals surface area (Å²) >= 11 is 2.03. The smallest absolute Gasteiger partial charge is 0.198 e. The fourth-order valence-electron chi connectivity index (χ4n) is 1.66. The molecule has 0 unspecified atom stereocenters. The van der Waals surface area contributed by atoms with Gasteiger partial charge in [-0.1, -0.05) is 12.1 Å². The minimum absolute atomic E-state index is 0.0363. The molecular weight excluding hydrogens is 365 g/mol.